The van der Waals surface area contributed by atoms with Gasteiger partial charge < -0.3 is 15.8 Å². The average Bonchev–Trinajstić information content (AvgIpc) is 2.28. The van der Waals surface area contributed by atoms with Crippen LogP contribution >= 0.6 is 0 Å². The van der Waals surface area contributed by atoms with Gasteiger partial charge in [-0.15, -0.1) is 0 Å². The molecular weight excluding hydrogens is 213 g/mol. The van der Waals surface area contributed by atoms with Crippen LogP contribution in [0.1, 0.15) is 10.4 Å². The van der Waals surface area contributed by atoms with Gasteiger partial charge in [0, 0.05) is 19.3 Å². The van der Waals surface area contributed by atoms with E-state index in [9.17, 15) is 9.18 Å². The van der Waals surface area contributed by atoms with Gasteiger partial charge >= 0.3 is 0 Å². The van der Waals surface area contributed by atoms with E-state index in [0.717, 1.165) is 12.3 Å². The second-order valence-electron chi connectivity index (χ2n) is 3.05. The molecule has 1 rings (SSSR count). The molecule has 3 N–H and O–H groups in total. The summed E-state index contributed by atoms with van der Waals surface area (Å²) in [5.74, 6) is -0.907. The number of nitrogens with one attached hydrogen (secondary N) is 1. The quantitative estimate of drug-likeness (QED) is 0.667. The fourth-order valence-electron chi connectivity index (χ4n) is 1.06. The van der Waals surface area contributed by atoms with Crippen molar-refractivity contribution in [2.24, 2.45) is 5.73 Å². The fraction of sp³-hybridized carbons (Fsp3) is 0.400. The molecule has 5 nitrogen and oxygen atoms in total. The maximum atomic E-state index is 12.7. The lowest BCUT2D eigenvalue weighted by atomic mass is 10.2. The molecule has 1 heterocycles. The first-order valence-electron chi connectivity index (χ1n) is 4.90. The van der Waals surface area contributed by atoms with Gasteiger partial charge in [-0.25, -0.2) is 4.39 Å². The summed E-state index contributed by atoms with van der Waals surface area (Å²) in [5.41, 5.74) is 5.41. The molecule has 0 radical (unpaired) electrons. The number of halogens is 1. The largest absolute Gasteiger partial charge is 0.378 e. The Balaban J connectivity index is 2.30. The first kappa shape index (κ1) is 12.5. The summed E-state index contributed by atoms with van der Waals surface area (Å²) < 4.78 is 17.8. The van der Waals surface area contributed by atoms with Crippen molar-refractivity contribution in [3.05, 3.63) is 29.8 Å². The summed E-state index contributed by atoms with van der Waals surface area (Å²) in [6, 6.07) is 1.13. The number of carbonyl (C=O) groups is 1. The van der Waals surface area contributed by atoms with Gasteiger partial charge in [0.2, 0.25) is 0 Å². The van der Waals surface area contributed by atoms with Crippen molar-refractivity contribution < 1.29 is 13.9 Å². The van der Waals surface area contributed by atoms with Crippen LogP contribution in [-0.4, -0.2) is 37.2 Å². The molecule has 6 heteroatoms. The number of carbonyl (C=O) groups excluding carboxylic acids is 1. The Morgan fingerprint density at radius 3 is 3.00 bits per heavy atom. The normalized spacial score (nSPS) is 10.1. The van der Waals surface area contributed by atoms with E-state index >= 15 is 0 Å². The minimum Gasteiger partial charge on any atom is -0.378 e. The number of hydrogen-bond acceptors (Lipinski definition) is 4. The molecule has 0 aliphatic rings. The third-order valence-electron chi connectivity index (χ3n) is 1.76. The van der Waals surface area contributed by atoms with Crippen molar-refractivity contribution in [3.63, 3.8) is 0 Å². The summed E-state index contributed by atoms with van der Waals surface area (Å²) in [6.45, 7) is 1.64. The highest BCUT2D eigenvalue weighted by Gasteiger charge is 2.05. The van der Waals surface area contributed by atoms with E-state index in [-0.39, 0.29) is 11.5 Å². The van der Waals surface area contributed by atoms with Crippen LogP contribution in [0.4, 0.5) is 4.39 Å². The van der Waals surface area contributed by atoms with Gasteiger partial charge in [0.05, 0.1) is 25.0 Å². The second kappa shape index (κ2) is 6.86. The van der Waals surface area contributed by atoms with E-state index in [4.69, 9.17) is 10.5 Å². The van der Waals surface area contributed by atoms with Crippen molar-refractivity contribution in [1.82, 2.24) is 10.3 Å². The molecule has 0 spiro atoms. The molecule has 1 aromatic heterocycles. The first-order chi connectivity index (χ1) is 7.74. The van der Waals surface area contributed by atoms with E-state index in [0.29, 0.717) is 26.3 Å². The Kier molecular flexibility index (Phi) is 5.38. The molecule has 0 saturated carbocycles. The molecule has 1 amide bonds. The van der Waals surface area contributed by atoms with Gasteiger partial charge in [0.25, 0.3) is 5.91 Å². The van der Waals surface area contributed by atoms with Crippen LogP contribution in [0.5, 0.6) is 0 Å². The standard InChI is InChI=1S/C10H14FN3O2/c11-9-5-8(6-13-7-9)10(15)14-2-4-16-3-1-12/h5-7H,1-4,12H2,(H,14,15). The molecule has 88 valence electrons. The number of nitrogens with zero attached hydrogens (tertiary/aromatic N) is 1. The van der Waals surface area contributed by atoms with Crippen LogP contribution in [0.15, 0.2) is 18.5 Å². The lowest BCUT2D eigenvalue weighted by Crippen LogP contribution is -2.28. The second-order valence-corrected chi connectivity index (χ2v) is 3.05. The molecular formula is C10H14FN3O2. The van der Waals surface area contributed by atoms with Gasteiger partial charge in [-0.05, 0) is 6.07 Å². The van der Waals surface area contributed by atoms with Crippen LogP contribution < -0.4 is 11.1 Å². The summed E-state index contributed by atoms with van der Waals surface area (Å²) >= 11 is 0. The van der Waals surface area contributed by atoms with Crippen LogP contribution in [0, 0.1) is 5.82 Å². The zero-order valence-electron chi connectivity index (χ0n) is 8.78. The van der Waals surface area contributed by atoms with E-state index in [1.807, 2.05) is 0 Å². The average molecular weight is 227 g/mol. The fourth-order valence-corrected chi connectivity index (χ4v) is 1.06. The minimum atomic E-state index is -0.535. The number of hydrogen-bond donors (Lipinski definition) is 2. The minimum absolute atomic E-state index is 0.193. The highest BCUT2D eigenvalue weighted by molar-refractivity contribution is 5.93. The molecule has 0 fully saturated rings. The highest BCUT2D eigenvalue weighted by Crippen LogP contribution is 1.99. The number of ether oxygens (including phenoxy) is 1. The van der Waals surface area contributed by atoms with Gasteiger partial charge in [-0.3, -0.25) is 9.78 Å². The Bertz CT molecular complexity index is 347. The molecule has 0 aliphatic heterocycles. The van der Waals surface area contributed by atoms with Crippen LogP contribution in [0.2, 0.25) is 0 Å². The van der Waals surface area contributed by atoms with E-state index < -0.39 is 5.82 Å². The molecule has 0 unspecified atom stereocenters. The van der Waals surface area contributed by atoms with E-state index in [1.54, 1.807) is 0 Å². The predicted octanol–water partition coefficient (Wildman–Crippen LogP) is -0.0742. The number of rotatable bonds is 6. The van der Waals surface area contributed by atoms with Crippen molar-refractivity contribution in [2.75, 3.05) is 26.3 Å². The van der Waals surface area contributed by atoms with E-state index in [1.165, 1.54) is 6.20 Å². The third kappa shape index (κ3) is 4.33. The summed E-state index contributed by atoms with van der Waals surface area (Å²) in [7, 11) is 0. The molecule has 1 aromatic rings. The SMILES string of the molecule is NCCOCCNC(=O)c1cncc(F)c1. The third-order valence-corrected chi connectivity index (χ3v) is 1.76. The van der Waals surface area contributed by atoms with Gasteiger partial charge in [-0.1, -0.05) is 0 Å². The van der Waals surface area contributed by atoms with Crippen molar-refractivity contribution in [2.45, 2.75) is 0 Å². The van der Waals surface area contributed by atoms with Crippen LogP contribution in [0.3, 0.4) is 0 Å². The van der Waals surface area contributed by atoms with E-state index in [2.05, 4.69) is 10.3 Å². The molecule has 0 saturated heterocycles. The molecule has 0 aromatic carbocycles. The zero-order valence-corrected chi connectivity index (χ0v) is 8.78. The first-order valence-corrected chi connectivity index (χ1v) is 4.90. The smallest absolute Gasteiger partial charge is 0.253 e. The predicted molar refractivity (Wildman–Crippen MR) is 56.4 cm³/mol. The maximum Gasteiger partial charge on any atom is 0.253 e. The molecule has 16 heavy (non-hydrogen) atoms. The van der Waals surface area contributed by atoms with Crippen LogP contribution in [-0.2, 0) is 4.74 Å². The Morgan fingerprint density at radius 1 is 1.50 bits per heavy atom. The topological polar surface area (TPSA) is 77.2 Å². The van der Waals surface area contributed by atoms with Gasteiger partial charge in [-0.2, -0.15) is 0 Å². The van der Waals surface area contributed by atoms with Gasteiger partial charge in [0.15, 0.2) is 0 Å². The number of pyridine rings is 1. The number of aromatic nitrogens is 1. The Hall–Kier alpha value is -1.53. The summed E-state index contributed by atoms with van der Waals surface area (Å²) in [4.78, 5) is 15.0. The number of amides is 1. The van der Waals surface area contributed by atoms with Crippen LogP contribution in [0.25, 0.3) is 0 Å². The zero-order chi connectivity index (χ0) is 11.8. The monoisotopic (exact) mass is 227 g/mol. The van der Waals surface area contributed by atoms with Crippen molar-refractivity contribution in [3.8, 4) is 0 Å². The lowest BCUT2D eigenvalue weighted by Gasteiger charge is -2.05. The summed E-state index contributed by atoms with van der Waals surface area (Å²) in [6.07, 6.45) is 2.35. The Labute approximate surface area is 92.8 Å². The van der Waals surface area contributed by atoms with Crippen molar-refractivity contribution in [1.29, 1.82) is 0 Å². The molecule has 0 atom stereocenters. The van der Waals surface area contributed by atoms with Crippen molar-refractivity contribution >= 4 is 5.91 Å². The van der Waals surface area contributed by atoms with Gasteiger partial charge in [0.1, 0.15) is 5.82 Å². The summed E-state index contributed by atoms with van der Waals surface area (Å²) in [5, 5.41) is 2.57. The lowest BCUT2D eigenvalue weighted by molar-refractivity contribution is 0.0919. The molecule has 0 bridgehead atoms. The Morgan fingerprint density at radius 2 is 2.31 bits per heavy atom. The highest BCUT2D eigenvalue weighted by atomic mass is 19.1. The molecule has 0 aliphatic carbocycles. The maximum absolute atomic E-state index is 12.7. The number of nitrogens with two attached hydrogens (primary N) is 1.